The molecule has 2 rings (SSSR count). The lowest BCUT2D eigenvalue weighted by molar-refractivity contribution is -0.121. The molecular formula is C11H19N3O. The number of imidazole rings is 1. The second-order valence-corrected chi connectivity index (χ2v) is 3.53. The van der Waals surface area contributed by atoms with Crippen LogP contribution >= 0.6 is 0 Å². The van der Waals surface area contributed by atoms with Crippen molar-refractivity contribution in [2.24, 2.45) is 5.92 Å². The van der Waals surface area contributed by atoms with Crippen LogP contribution in [0.5, 0.6) is 0 Å². The number of fused-ring (bicyclic) bond motifs is 1. The fourth-order valence-electron chi connectivity index (χ4n) is 1.67. The lowest BCUT2D eigenvalue weighted by Crippen LogP contribution is -2.30. The molecule has 1 aliphatic rings. The molecule has 0 spiro atoms. The minimum absolute atomic E-state index is 0.116. The van der Waals surface area contributed by atoms with Crippen LogP contribution in [-0.4, -0.2) is 22.5 Å². The molecule has 0 radical (unpaired) electrons. The number of rotatable bonds is 0. The number of carbonyl (C=O) groups excluding carboxylic acids is 1. The fourth-order valence-corrected chi connectivity index (χ4v) is 1.67. The molecule has 0 N–H and O–H groups in total. The third-order valence-electron chi connectivity index (χ3n) is 2.59. The van der Waals surface area contributed by atoms with Crippen LogP contribution in [-0.2, 0) is 11.3 Å². The van der Waals surface area contributed by atoms with E-state index in [1.54, 1.807) is 24.5 Å². The molecule has 0 bridgehead atoms. The van der Waals surface area contributed by atoms with Gasteiger partial charge < -0.3 is 4.57 Å². The Morgan fingerprint density at radius 2 is 2.13 bits per heavy atom. The molecule has 4 heteroatoms. The number of carbonyl (C=O) groups is 1. The van der Waals surface area contributed by atoms with Crippen LogP contribution in [0.15, 0.2) is 12.5 Å². The monoisotopic (exact) mass is 209 g/mol. The van der Waals surface area contributed by atoms with Crippen LogP contribution in [0.4, 0.5) is 5.82 Å². The van der Waals surface area contributed by atoms with E-state index in [1.807, 2.05) is 25.3 Å². The molecule has 0 saturated heterocycles. The van der Waals surface area contributed by atoms with Gasteiger partial charge in [0.05, 0.1) is 12.5 Å². The Morgan fingerprint density at radius 3 is 2.80 bits per heavy atom. The zero-order chi connectivity index (χ0) is 11.4. The molecule has 1 aromatic rings. The quantitative estimate of drug-likeness (QED) is 0.654. The number of nitrogens with zero attached hydrogens (tertiary/aromatic N) is 3. The maximum atomic E-state index is 11.7. The van der Waals surface area contributed by atoms with Crippen LogP contribution in [0.25, 0.3) is 0 Å². The van der Waals surface area contributed by atoms with Crippen LogP contribution in [0.1, 0.15) is 27.2 Å². The van der Waals surface area contributed by atoms with E-state index in [1.165, 1.54) is 0 Å². The van der Waals surface area contributed by atoms with Gasteiger partial charge in [-0.2, -0.15) is 0 Å². The molecule has 1 amide bonds. The van der Waals surface area contributed by atoms with Crippen molar-refractivity contribution in [3.05, 3.63) is 12.5 Å². The molecule has 0 fully saturated rings. The predicted molar refractivity (Wildman–Crippen MR) is 60.8 cm³/mol. The van der Waals surface area contributed by atoms with Gasteiger partial charge in [0, 0.05) is 19.5 Å². The molecule has 2 heterocycles. The van der Waals surface area contributed by atoms with Crippen molar-refractivity contribution in [1.82, 2.24) is 9.55 Å². The van der Waals surface area contributed by atoms with E-state index in [2.05, 4.69) is 4.98 Å². The van der Waals surface area contributed by atoms with Crippen LogP contribution in [0, 0.1) is 5.92 Å². The number of hydrogen-bond donors (Lipinski definition) is 0. The molecule has 1 aromatic heterocycles. The summed E-state index contributed by atoms with van der Waals surface area (Å²) in [6.45, 7) is 6.85. The van der Waals surface area contributed by atoms with Crippen molar-refractivity contribution >= 4 is 11.7 Å². The molecule has 0 saturated carbocycles. The number of aromatic nitrogens is 2. The van der Waals surface area contributed by atoms with Gasteiger partial charge in [-0.1, -0.05) is 20.8 Å². The minimum Gasteiger partial charge on any atom is -0.317 e. The second kappa shape index (κ2) is 4.96. The minimum atomic E-state index is 0.116. The van der Waals surface area contributed by atoms with Crippen LogP contribution < -0.4 is 4.90 Å². The average molecular weight is 209 g/mol. The lowest BCUT2D eigenvalue weighted by atomic mass is 10.1. The van der Waals surface area contributed by atoms with E-state index < -0.39 is 0 Å². The van der Waals surface area contributed by atoms with Crippen molar-refractivity contribution < 1.29 is 4.79 Å². The average Bonchev–Trinajstić information content (AvgIpc) is 2.71. The summed E-state index contributed by atoms with van der Waals surface area (Å²) in [4.78, 5) is 17.4. The summed E-state index contributed by atoms with van der Waals surface area (Å²) in [5.74, 6) is 1.19. The van der Waals surface area contributed by atoms with E-state index >= 15 is 0 Å². The number of hydrogen-bond acceptors (Lipinski definition) is 2. The van der Waals surface area contributed by atoms with Crippen molar-refractivity contribution in [2.45, 2.75) is 33.7 Å². The Bertz CT molecular complexity index is 332. The summed E-state index contributed by atoms with van der Waals surface area (Å²) in [6.07, 6.45) is 4.40. The van der Waals surface area contributed by atoms with Gasteiger partial charge in [-0.15, -0.1) is 0 Å². The summed E-state index contributed by atoms with van der Waals surface area (Å²) >= 11 is 0. The smallest absolute Gasteiger partial charge is 0.230 e. The summed E-state index contributed by atoms with van der Waals surface area (Å²) in [6, 6.07) is 0. The summed E-state index contributed by atoms with van der Waals surface area (Å²) in [5.41, 5.74) is 0. The summed E-state index contributed by atoms with van der Waals surface area (Å²) in [7, 11) is 1.80. The molecule has 84 valence electrons. The first-order valence-electron chi connectivity index (χ1n) is 5.48. The van der Waals surface area contributed by atoms with Crippen molar-refractivity contribution in [3.63, 3.8) is 0 Å². The first kappa shape index (κ1) is 11.8. The van der Waals surface area contributed by atoms with Gasteiger partial charge in [0.15, 0.2) is 0 Å². The first-order valence-corrected chi connectivity index (χ1v) is 5.48. The van der Waals surface area contributed by atoms with Gasteiger partial charge in [0.25, 0.3) is 0 Å². The second-order valence-electron chi connectivity index (χ2n) is 3.53. The third kappa shape index (κ3) is 2.19. The van der Waals surface area contributed by atoms with Crippen LogP contribution in [0.3, 0.4) is 0 Å². The Labute approximate surface area is 90.9 Å². The Hall–Kier alpha value is -1.32. The standard InChI is InChI=1S/C9H13N3O.C2H6/c1-7-3-4-12-6-10-5-8(12)11(2)9(7)13;1-2/h5-7H,3-4H2,1-2H3;1-2H3. The maximum Gasteiger partial charge on any atom is 0.230 e. The Morgan fingerprint density at radius 1 is 1.47 bits per heavy atom. The molecule has 1 atom stereocenters. The molecular weight excluding hydrogens is 190 g/mol. The third-order valence-corrected chi connectivity index (χ3v) is 2.59. The molecule has 15 heavy (non-hydrogen) atoms. The van der Waals surface area contributed by atoms with E-state index in [4.69, 9.17) is 0 Å². The Kier molecular flexibility index (Phi) is 3.88. The van der Waals surface area contributed by atoms with E-state index in [0.717, 1.165) is 18.8 Å². The SMILES string of the molecule is CC.CC1CCn2cncc2N(C)C1=O. The predicted octanol–water partition coefficient (Wildman–Crippen LogP) is 1.91. The van der Waals surface area contributed by atoms with Gasteiger partial charge in [-0.05, 0) is 6.42 Å². The van der Waals surface area contributed by atoms with E-state index in [-0.39, 0.29) is 11.8 Å². The van der Waals surface area contributed by atoms with Gasteiger partial charge in [0.2, 0.25) is 5.91 Å². The highest BCUT2D eigenvalue weighted by molar-refractivity contribution is 5.93. The topological polar surface area (TPSA) is 38.1 Å². The largest absolute Gasteiger partial charge is 0.317 e. The molecule has 4 nitrogen and oxygen atoms in total. The molecule has 0 aromatic carbocycles. The highest BCUT2D eigenvalue weighted by Crippen LogP contribution is 2.21. The molecule has 0 aliphatic carbocycles. The highest BCUT2D eigenvalue weighted by Gasteiger charge is 2.24. The maximum absolute atomic E-state index is 11.7. The number of anilines is 1. The van der Waals surface area contributed by atoms with Gasteiger partial charge in [-0.3, -0.25) is 9.69 Å². The normalized spacial score (nSPS) is 20.1. The first-order chi connectivity index (χ1) is 7.20. The van der Waals surface area contributed by atoms with Crippen molar-refractivity contribution in [2.75, 3.05) is 11.9 Å². The van der Waals surface area contributed by atoms with Crippen molar-refractivity contribution in [1.29, 1.82) is 0 Å². The van der Waals surface area contributed by atoms with E-state index in [0.29, 0.717) is 0 Å². The zero-order valence-corrected chi connectivity index (χ0v) is 9.90. The molecule has 1 unspecified atom stereocenters. The lowest BCUT2D eigenvalue weighted by Gasteiger charge is -2.16. The van der Waals surface area contributed by atoms with Gasteiger partial charge in [-0.25, -0.2) is 4.98 Å². The van der Waals surface area contributed by atoms with Gasteiger partial charge >= 0.3 is 0 Å². The fraction of sp³-hybridized carbons (Fsp3) is 0.636. The van der Waals surface area contributed by atoms with Crippen LogP contribution in [0.2, 0.25) is 0 Å². The zero-order valence-electron chi connectivity index (χ0n) is 9.90. The van der Waals surface area contributed by atoms with Gasteiger partial charge in [0.1, 0.15) is 5.82 Å². The van der Waals surface area contributed by atoms with E-state index in [9.17, 15) is 4.79 Å². The molecule has 1 aliphatic heterocycles. The number of amides is 1. The summed E-state index contributed by atoms with van der Waals surface area (Å²) < 4.78 is 2.02. The van der Waals surface area contributed by atoms with Crippen molar-refractivity contribution in [3.8, 4) is 0 Å². The highest BCUT2D eigenvalue weighted by atomic mass is 16.2. The summed E-state index contributed by atoms with van der Waals surface area (Å²) in [5, 5.41) is 0. The number of aryl methyl sites for hydroxylation is 1. The Balaban J connectivity index is 0.000000531.